The number of carbonyl (C=O) groups excluding carboxylic acids is 1. The normalized spacial score (nSPS) is 21.0. The molecule has 1 aliphatic rings. The fraction of sp³-hybridized carbons (Fsp3) is 0.412. The van der Waals surface area contributed by atoms with Crippen LogP contribution in [0.15, 0.2) is 43.0 Å². The standard InChI is InChI=1S/C17H20FN3O3/c18-15-3-1-2-14(8-15)9-17(12-22)11-21(6-7-24-17)16(23)10-20-5-4-19-13-20/h1-5,8,13,22H,6-7,9-12H2. The second kappa shape index (κ2) is 7.11. The zero-order valence-corrected chi connectivity index (χ0v) is 13.3. The van der Waals surface area contributed by atoms with Gasteiger partial charge in [0, 0.05) is 25.4 Å². The third kappa shape index (κ3) is 3.80. The van der Waals surface area contributed by atoms with Gasteiger partial charge < -0.3 is 19.3 Å². The topological polar surface area (TPSA) is 67.6 Å². The van der Waals surface area contributed by atoms with Gasteiger partial charge in [0.15, 0.2) is 0 Å². The van der Waals surface area contributed by atoms with Crippen molar-refractivity contribution in [3.05, 3.63) is 54.4 Å². The van der Waals surface area contributed by atoms with E-state index >= 15 is 0 Å². The fourth-order valence-corrected chi connectivity index (χ4v) is 2.97. The van der Waals surface area contributed by atoms with Crippen molar-refractivity contribution in [1.82, 2.24) is 14.5 Å². The molecule has 0 saturated carbocycles. The summed E-state index contributed by atoms with van der Waals surface area (Å²) in [5.41, 5.74) is -0.177. The molecule has 3 rings (SSSR count). The van der Waals surface area contributed by atoms with Crippen LogP contribution in [0.2, 0.25) is 0 Å². The van der Waals surface area contributed by atoms with Gasteiger partial charge in [-0.2, -0.15) is 0 Å². The molecule has 2 heterocycles. The zero-order chi connectivity index (χ0) is 17.0. The monoisotopic (exact) mass is 333 g/mol. The van der Waals surface area contributed by atoms with Gasteiger partial charge in [-0.05, 0) is 17.7 Å². The lowest BCUT2D eigenvalue weighted by Crippen LogP contribution is -2.57. The lowest BCUT2D eigenvalue weighted by atomic mass is 9.93. The summed E-state index contributed by atoms with van der Waals surface area (Å²) in [6.07, 6.45) is 5.28. The molecule has 1 aliphatic heterocycles. The van der Waals surface area contributed by atoms with Crippen LogP contribution in [0.5, 0.6) is 0 Å². The molecule has 0 radical (unpaired) electrons. The Balaban J connectivity index is 1.70. The molecule has 0 aliphatic carbocycles. The van der Waals surface area contributed by atoms with Crippen LogP contribution in [0.25, 0.3) is 0 Å². The highest BCUT2D eigenvalue weighted by Gasteiger charge is 2.38. The molecule has 24 heavy (non-hydrogen) atoms. The Morgan fingerprint density at radius 3 is 3.04 bits per heavy atom. The van der Waals surface area contributed by atoms with E-state index < -0.39 is 5.60 Å². The van der Waals surface area contributed by atoms with Crippen LogP contribution in [0.4, 0.5) is 4.39 Å². The predicted octanol–water partition coefficient (Wildman–Crippen LogP) is 0.855. The van der Waals surface area contributed by atoms with Crippen molar-refractivity contribution >= 4 is 5.91 Å². The minimum Gasteiger partial charge on any atom is -0.393 e. The van der Waals surface area contributed by atoms with Crippen LogP contribution in [-0.2, 0) is 22.5 Å². The van der Waals surface area contributed by atoms with Crippen LogP contribution < -0.4 is 0 Å². The van der Waals surface area contributed by atoms with Crippen LogP contribution in [0.1, 0.15) is 5.56 Å². The molecule has 1 aromatic heterocycles. The Hall–Kier alpha value is -2.25. The van der Waals surface area contributed by atoms with Gasteiger partial charge in [0.2, 0.25) is 5.91 Å². The number of aliphatic hydroxyl groups is 1. The van der Waals surface area contributed by atoms with E-state index in [9.17, 15) is 14.3 Å². The van der Waals surface area contributed by atoms with E-state index in [1.54, 1.807) is 40.3 Å². The molecule has 1 N–H and O–H groups in total. The molecular formula is C17H20FN3O3. The summed E-state index contributed by atoms with van der Waals surface area (Å²) in [5, 5.41) is 9.86. The van der Waals surface area contributed by atoms with Crippen molar-refractivity contribution in [3.8, 4) is 0 Å². The maximum atomic E-state index is 13.4. The summed E-state index contributed by atoms with van der Waals surface area (Å²) in [6, 6.07) is 6.21. The van der Waals surface area contributed by atoms with Crippen molar-refractivity contribution in [2.24, 2.45) is 0 Å². The van der Waals surface area contributed by atoms with E-state index in [1.165, 1.54) is 12.1 Å². The Bertz CT molecular complexity index is 692. The lowest BCUT2D eigenvalue weighted by Gasteiger charge is -2.42. The molecule has 0 bridgehead atoms. The van der Waals surface area contributed by atoms with Crippen molar-refractivity contribution in [2.45, 2.75) is 18.6 Å². The van der Waals surface area contributed by atoms with Gasteiger partial charge >= 0.3 is 0 Å². The number of aromatic nitrogens is 2. The Labute approximate surface area is 139 Å². The SMILES string of the molecule is O=C(Cn1ccnc1)N1CCOC(CO)(Cc2cccc(F)c2)C1. The summed E-state index contributed by atoms with van der Waals surface area (Å²) in [4.78, 5) is 18.1. The van der Waals surface area contributed by atoms with E-state index in [2.05, 4.69) is 4.98 Å². The highest BCUT2D eigenvalue weighted by Crippen LogP contribution is 2.23. The van der Waals surface area contributed by atoms with E-state index in [1.807, 2.05) is 0 Å². The first-order valence-corrected chi connectivity index (χ1v) is 7.83. The van der Waals surface area contributed by atoms with Crippen molar-refractivity contribution in [3.63, 3.8) is 0 Å². The lowest BCUT2D eigenvalue weighted by molar-refractivity contribution is -0.158. The molecule has 1 saturated heterocycles. The minimum absolute atomic E-state index is 0.0617. The zero-order valence-electron chi connectivity index (χ0n) is 13.3. The van der Waals surface area contributed by atoms with Gasteiger partial charge in [-0.3, -0.25) is 4.79 Å². The first-order valence-electron chi connectivity index (χ1n) is 7.83. The molecular weight excluding hydrogens is 313 g/mol. The molecule has 1 amide bonds. The molecule has 2 aromatic rings. The molecule has 128 valence electrons. The third-order valence-corrected chi connectivity index (χ3v) is 4.18. The van der Waals surface area contributed by atoms with E-state index in [-0.39, 0.29) is 31.4 Å². The van der Waals surface area contributed by atoms with Crippen molar-refractivity contribution in [2.75, 3.05) is 26.3 Å². The number of nitrogens with zero attached hydrogens (tertiary/aromatic N) is 3. The van der Waals surface area contributed by atoms with E-state index in [0.29, 0.717) is 19.6 Å². The summed E-state index contributed by atoms with van der Waals surface area (Å²) < 4.78 is 20.9. The number of ether oxygens (including phenoxy) is 1. The number of rotatable bonds is 5. The van der Waals surface area contributed by atoms with Crippen LogP contribution in [-0.4, -0.2) is 57.4 Å². The van der Waals surface area contributed by atoms with Gasteiger partial charge in [0.25, 0.3) is 0 Å². The number of aliphatic hydroxyl groups excluding tert-OH is 1. The van der Waals surface area contributed by atoms with Crippen LogP contribution in [0.3, 0.4) is 0 Å². The highest BCUT2D eigenvalue weighted by atomic mass is 19.1. The number of benzene rings is 1. The second-order valence-electron chi connectivity index (χ2n) is 6.05. The quantitative estimate of drug-likeness (QED) is 0.881. The van der Waals surface area contributed by atoms with Gasteiger partial charge in [-0.25, -0.2) is 9.37 Å². The number of hydrogen-bond acceptors (Lipinski definition) is 4. The fourth-order valence-electron chi connectivity index (χ4n) is 2.97. The van der Waals surface area contributed by atoms with Gasteiger partial charge in [0.05, 0.1) is 26.1 Å². The molecule has 1 fully saturated rings. The first kappa shape index (κ1) is 16.6. The third-order valence-electron chi connectivity index (χ3n) is 4.18. The van der Waals surface area contributed by atoms with E-state index in [0.717, 1.165) is 5.56 Å². The maximum Gasteiger partial charge on any atom is 0.242 e. The van der Waals surface area contributed by atoms with Gasteiger partial charge in [-0.15, -0.1) is 0 Å². The van der Waals surface area contributed by atoms with Crippen molar-refractivity contribution in [1.29, 1.82) is 0 Å². The van der Waals surface area contributed by atoms with Gasteiger partial charge in [-0.1, -0.05) is 12.1 Å². The van der Waals surface area contributed by atoms with Crippen LogP contribution >= 0.6 is 0 Å². The summed E-state index contributed by atoms with van der Waals surface area (Å²) >= 11 is 0. The number of amides is 1. The number of hydrogen-bond donors (Lipinski definition) is 1. The maximum absolute atomic E-state index is 13.4. The molecule has 1 atom stereocenters. The minimum atomic E-state index is -0.906. The summed E-state index contributed by atoms with van der Waals surface area (Å²) in [7, 11) is 0. The molecule has 6 nitrogen and oxygen atoms in total. The number of imidazole rings is 1. The number of morpholine rings is 1. The van der Waals surface area contributed by atoms with Gasteiger partial charge in [0.1, 0.15) is 18.0 Å². The smallest absolute Gasteiger partial charge is 0.242 e. The number of carbonyl (C=O) groups is 1. The Kier molecular flexibility index (Phi) is 4.92. The highest BCUT2D eigenvalue weighted by molar-refractivity contribution is 5.76. The second-order valence-corrected chi connectivity index (χ2v) is 6.05. The molecule has 7 heteroatoms. The Morgan fingerprint density at radius 1 is 1.46 bits per heavy atom. The average Bonchev–Trinajstić information content (AvgIpc) is 3.08. The predicted molar refractivity (Wildman–Crippen MR) is 84.7 cm³/mol. The molecule has 0 spiro atoms. The average molecular weight is 333 g/mol. The molecule has 1 unspecified atom stereocenters. The largest absolute Gasteiger partial charge is 0.393 e. The summed E-state index contributed by atoms with van der Waals surface area (Å²) in [6.45, 7) is 1.04. The summed E-state index contributed by atoms with van der Waals surface area (Å²) in [5.74, 6) is -0.391. The number of halogens is 1. The molecule has 1 aromatic carbocycles. The van der Waals surface area contributed by atoms with Crippen molar-refractivity contribution < 1.29 is 19.0 Å². The first-order chi connectivity index (χ1) is 11.6. The van der Waals surface area contributed by atoms with E-state index in [4.69, 9.17) is 4.74 Å². The Morgan fingerprint density at radius 2 is 2.33 bits per heavy atom. The van der Waals surface area contributed by atoms with Crippen LogP contribution in [0, 0.1) is 5.82 Å².